The zero-order valence-corrected chi connectivity index (χ0v) is 9.86. The second kappa shape index (κ2) is 4.96. The van der Waals surface area contributed by atoms with Crippen LogP contribution in [0.4, 0.5) is 5.95 Å². The number of hydrogen-bond acceptors (Lipinski definition) is 5. The minimum absolute atomic E-state index is 0.154. The molecule has 0 bridgehead atoms. The van der Waals surface area contributed by atoms with E-state index in [4.69, 9.17) is 4.74 Å². The lowest BCUT2D eigenvalue weighted by atomic mass is 10.3. The normalized spacial score (nSPS) is 10.9. The molecule has 0 spiro atoms. The van der Waals surface area contributed by atoms with Crippen molar-refractivity contribution in [2.24, 2.45) is 0 Å². The Morgan fingerprint density at radius 1 is 1.53 bits per heavy atom. The van der Waals surface area contributed by atoms with Crippen LogP contribution in [0.15, 0.2) is 10.9 Å². The van der Waals surface area contributed by atoms with Gasteiger partial charge in [-0.25, -0.2) is 4.98 Å². The maximum atomic E-state index is 11.7. The molecule has 0 fully saturated rings. The quantitative estimate of drug-likeness (QED) is 0.717. The van der Waals surface area contributed by atoms with Gasteiger partial charge >= 0.3 is 0 Å². The maximum absolute atomic E-state index is 11.7. The van der Waals surface area contributed by atoms with E-state index in [2.05, 4.69) is 20.4 Å². The molecule has 0 saturated carbocycles. The third-order valence-electron chi connectivity index (χ3n) is 2.34. The zero-order valence-electron chi connectivity index (χ0n) is 9.86. The highest BCUT2D eigenvalue weighted by Crippen LogP contribution is 2.01. The van der Waals surface area contributed by atoms with E-state index in [0.29, 0.717) is 31.3 Å². The summed E-state index contributed by atoms with van der Waals surface area (Å²) < 4.78 is 6.22. The zero-order chi connectivity index (χ0) is 12.3. The molecule has 0 amide bonds. The lowest BCUT2D eigenvalue weighted by Crippen LogP contribution is -2.15. The summed E-state index contributed by atoms with van der Waals surface area (Å²) in [6, 6.07) is 1.50. The predicted octanol–water partition coefficient (Wildman–Crippen LogP) is 0.0383. The first-order chi connectivity index (χ1) is 8.24. The monoisotopic (exact) mass is 237 g/mol. The number of methoxy groups -OCH3 is 1. The Kier molecular flexibility index (Phi) is 3.38. The number of hydrogen-bond donors (Lipinski definition) is 2. The predicted molar refractivity (Wildman–Crippen MR) is 63.4 cm³/mol. The van der Waals surface area contributed by atoms with E-state index in [1.165, 1.54) is 10.6 Å². The molecule has 2 rings (SSSR count). The van der Waals surface area contributed by atoms with Gasteiger partial charge in [-0.3, -0.25) is 9.89 Å². The Balaban J connectivity index is 2.30. The first kappa shape index (κ1) is 11.6. The van der Waals surface area contributed by atoms with Crippen LogP contribution in [-0.2, 0) is 11.2 Å². The van der Waals surface area contributed by atoms with Crippen molar-refractivity contribution in [3.05, 3.63) is 22.1 Å². The van der Waals surface area contributed by atoms with E-state index in [-0.39, 0.29) is 5.56 Å². The van der Waals surface area contributed by atoms with Crippen molar-refractivity contribution in [2.75, 3.05) is 25.6 Å². The lowest BCUT2D eigenvalue weighted by Gasteiger charge is -1.99. The van der Waals surface area contributed by atoms with Gasteiger partial charge in [-0.15, -0.1) is 0 Å². The molecule has 2 aromatic heterocycles. The van der Waals surface area contributed by atoms with Crippen LogP contribution < -0.4 is 10.9 Å². The molecule has 17 heavy (non-hydrogen) atoms. The summed E-state index contributed by atoms with van der Waals surface area (Å²) in [6.45, 7) is 3.13. The van der Waals surface area contributed by atoms with Crippen molar-refractivity contribution < 1.29 is 4.74 Å². The SMILES string of the molecule is CCc1cc(=O)n2[nH]c(NCCOC)nc2n1. The van der Waals surface area contributed by atoms with E-state index in [9.17, 15) is 4.79 Å². The molecular weight excluding hydrogens is 222 g/mol. The minimum atomic E-state index is -0.154. The van der Waals surface area contributed by atoms with Crippen molar-refractivity contribution in [3.8, 4) is 0 Å². The van der Waals surface area contributed by atoms with Crippen LogP contribution in [0.1, 0.15) is 12.6 Å². The number of aromatic amines is 1. The second-order valence-electron chi connectivity index (χ2n) is 3.57. The standard InChI is InChI=1S/C10H15N5O2/c1-3-7-6-8(16)15-10(12-7)13-9(14-15)11-4-5-17-2/h6H,3-5H2,1-2H3,(H2,11,12,13,14). The molecule has 0 radical (unpaired) electrons. The van der Waals surface area contributed by atoms with Crippen LogP contribution in [-0.4, -0.2) is 39.8 Å². The van der Waals surface area contributed by atoms with Gasteiger partial charge in [-0.2, -0.15) is 9.50 Å². The number of aromatic nitrogens is 4. The fourth-order valence-corrected chi connectivity index (χ4v) is 1.46. The molecule has 2 aromatic rings. The molecule has 92 valence electrons. The third kappa shape index (κ3) is 2.44. The van der Waals surface area contributed by atoms with Crippen molar-refractivity contribution >= 4 is 11.7 Å². The highest BCUT2D eigenvalue weighted by Gasteiger charge is 2.06. The molecular formula is C10H15N5O2. The van der Waals surface area contributed by atoms with Crippen LogP contribution in [0.5, 0.6) is 0 Å². The molecule has 7 nitrogen and oxygen atoms in total. The molecule has 2 heterocycles. The number of rotatable bonds is 5. The van der Waals surface area contributed by atoms with Crippen molar-refractivity contribution in [3.63, 3.8) is 0 Å². The molecule has 0 aliphatic heterocycles. The van der Waals surface area contributed by atoms with Gasteiger partial charge in [0.2, 0.25) is 5.95 Å². The smallest absolute Gasteiger partial charge is 0.274 e. The fourth-order valence-electron chi connectivity index (χ4n) is 1.46. The van der Waals surface area contributed by atoms with Gasteiger partial charge in [0.1, 0.15) is 0 Å². The number of nitrogens with zero attached hydrogens (tertiary/aromatic N) is 3. The van der Waals surface area contributed by atoms with Gasteiger partial charge in [-0.05, 0) is 6.42 Å². The minimum Gasteiger partial charge on any atom is -0.383 e. The first-order valence-corrected chi connectivity index (χ1v) is 5.46. The summed E-state index contributed by atoms with van der Waals surface area (Å²) in [5.41, 5.74) is 0.587. The van der Waals surface area contributed by atoms with Crippen molar-refractivity contribution in [2.45, 2.75) is 13.3 Å². The van der Waals surface area contributed by atoms with Crippen LogP contribution in [0.3, 0.4) is 0 Å². The summed E-state index contributed by atoms with van der Waals surface area (Å²) in [7, 11) is 1.62. The third-order valence-corrected chi connectivity index (χ3v) is 2.34. The average molecular weight is 237 g/mol. The van der Waals surface area contributed by atoms with Gasteiger partial charge in [0, 0.05) is 25.4 Å². The maximum Gasteiger partial charge on any atom is 0.274 e. The van der Waals surface area contributed by atoms with Gasteiger partial charge in [0.05, 0.1) is 6.61 Å². The Labute approximate surface area is 97.8 Å². The van der Waals surface area contributed by atoms with Gasteiger partial charge in [-0.1, -0.05) is 6.92 Å². The molecule has 2 N–H and O–H groups in total. The van der Waals surface area contributed by atoms with Crippen LogP contribution in [0.2, 0.25) is 0 Å². The molecule has 0 unspecified atom stereocenters. The fraction of sp³-hybridized carbons (Fsp3) is 0.500. The first-order valence-electron chi connectivity index (χ1n) is 5.46. The molecule has 7 heteroatoms. The number of fused-ring (bicyclic) bond motifs is 1. The number of aryl methyl sites for hydroxylation is 1. The van der Waals surface area contributed by atoms with E-state index in [0.717, 1.165) is 5.69 Å². The lowest BCUT2D eigenvalue weighted by molar-refractivity contribution is 0.210. The summed E-state index contributed by atoms with van der Waals surface area (Å²) in [5, 5.41) is 5.85. The number of H-pyrrole nitrogens is 1. The van der Waals surface area contributed by atoms with Gasteiger partial charge < -0.3 is 10.1 Å². The van der Waals surface area contributed by atoms with E-state index >= 15 is 0 Å². The summed E-state index contributed by atoms with van der Waals surface area (Å²) in [4.78, 5) is 20.1. The summed E-state index contributed by atoms with van der Waals surface area (Å²) in [5.74, 6) is 0.897. The second-order valence-corrected chi connectivity index (χ2v) is 3.57. The largest absolute Gasteiger partial charge is 0.383 e. The number of nitrogens with one attached hydrogen (secondary N) is 2. The van der Waals surface area contributed by atoms with E-state index in [1.807, 2.05) is 6.92 Å². The Hall–Kier alpha value is -1.89. The van der Waals surface area contributed by atoms with Crippen molar-refractivity contribution in [1.29, 1.82) is 0 Å². The molecule has 0 aliphatic rings. The van der Waals surface area contributed by atoms with Crippen LogP contribution >= 0.6 is 0 Å². The molecule has 0 aromatic carbocycles. The van der Waals surface area contributed by atoms with Crippen LogP contribution in [0, 0.1) is 0 Å². The van der Waals surface area contributed by atoms with Crippen LogP contribution in [0.25, 0.3) is 5.78 Å². The summed E-state index contributed by atoms with van der Waals surface area (Å²) in [6.07, 6.45) is 0.713. The Morgan fingerprint density at radius 2 is 2.35 bits per heavy atom. The topological polar surface area (TPSA) is 84.3 Å². The summed E-state index contributed by atoms with van der Waals surface area (Å²) >= 11 is 0. The Morgan fingerprint density at radius 3 is 3.06 bits per heavy atom. The average Bonchev–Trinajstić information content (AvgIpc) is 2.72. The van der Waals surface area contributed by atoms with Gasteiger partial charge in [0.25, 0.3) is 11.3 Å². The number of anilines is 1. The van der Waals surface area contributed by atoms with Gasteiger partial charge in [0.15, 0.2) is 0 Å². The van der Waals surface area contributed by atoms with Crippen molar-refractivity contribution in [1.82, 2.24) is 19.6 Å². The van der Waals surface area contributed by atoms with E-state index < -0.39 is 0 Å². The Bertz CT molecular complexity index is 559. The molecule has 0 aliphatic carbocycles. The molecule has 0 saturated heterocycles. The highest BCUT2D eigenvalue weighted by molar-refractivity contribution is 5.37. The molecule has 0 atom stereocenters. The van der Waals surface area contributed by atoms with E-state index in [1.54, 1.807) is 7.11 Å². The number of ether oxygens (including phenoxy) is 1. The highest BCUT2D eigenvalue weighted by atomic mass is 16.5.